The minimum Gasteiger partial charge on any atom is -1.00 e. The molecule has 0 unspecified atom stereocenters. The van der Waals surface area contributed by atoms with Crippen molar-refractivity contribution in [2.75, 3.05) is 28.2 Å². The SMILES string of the molecule is CN(C)Cc1c(C(=O)N(C)C)ccc[n+]1C.[I-]. The van der Waals surface area contributed by atoms with E-state index in [0.717, 1.165) is 17.8 Å². The molecule has 0 saturated heterocycles. The number of nitrogens with zero attached hydrogens (tertiary/aromatic N) is 3. The van der Waals surface area contributed by atoms with Crippen LogP contribution in [0.4, 0.5) is 0 Å². The van der Waals surface area contributed by atoms with E-state index in [1.165, 1.54) is 0 Å². The molecule has 0 saturated carbocycles. The van der Waals surface area contributed by atoms with E-state index in [9.17, 15) is 4.79 Å². The summed E-state index contributed by atoms with van der Waals surface area (Å²) in [6.45, 7) is 0.756. The van der Waals surface area contributed by atoms with Crippen molar-refractivity contribution in [2.45, 2.75) is 6.54 Å². The monoisotopic (exact) mass is 349 g/mol. The highest BCUT2D eigenvalue weighted by atomic mass is 127. The second-order valence-electron chi connectivity index (χ2n) is 4.42. The Morgan fingerprint density at radius 1 is 1.29 bits per heavy atom. The summed E-state index contributed by atoms with van der Waals surface area (Å²) in [6.07, 6.45) is 1.96. The lowest BCUT2D eigenvalue weighted by molar-refractivity contribution is -0.680. The average Bonchev–Trinajstić information content (AvgIpc) is 2.19. The lowest BCUT2D eigenvalue weighted by Gasteiger charge is -2.14. The molecule has 0 atom stereocenters. The normalized spacial score (nSPS) is 10.0. The van der Waals surface area contributed by atoms with Gasteiger partial charge in [0.25, 0.3) is 5.91 Å². The molecule has 1 rings (SSSR count). The van der Waals surface area contributed by atoms with E-state index < -0.39 is 0 Å². The molecule has 0 aliphatic carbocycles. The van der Waals surface area contributed by atoms with Gasteiger partial charge in [0.05, 0.1) is 6.54 Å². The fraction of sp³-hybridized carbons (Fsp3) is 0.500. The molecular weight excluding hydrogens is 329 g/mol. The third-order valence-electron chi connectivity index (χ3n) is 2.41. The summed E-state index contributed by atoms with van der Waals surface area (Å²) in [4.78, 5) is 15.7. The number of amides is 1. The summed E-state index contributed by atoms with van der Waals surface area (Å²) in [5.41, 5.74) is 1.80. The number of halogens is 1. The Balaban J connectivity index is 0.00000256. The van der Waals surface area contributed by atoms with Gasteiger partial charge < -0.3 is 28.9 Å². The van der Waals surface area contributed by atoms with Crippen molar-refractivity contribution in [3.8, 4) is 0 Å². The van der Waals surface area contributed by atoms with Crippen LogP contribution in [0.25, 0.3) is 0 Å². The Bertz CT molecular complexity index is 391. The molecule has 5 heteroatoms. The van der Waals surface area contributed by atoms with Crippen molar-refractivity contribution in [1.82, 2.24) is 9.80 Å². The molecule has 0 aliphatic heterocycles. The molecule has 1 amide bonds. The first-order valence-corrected chi connectivity index (χ1v) is 5.27. The van der Waals surface area contributed by atoms with E-state index in [1.807, 2.05) is 44.0 Å². The molecule has 0 radical (unpaired) electrons. The maximum Gasteiger partial charge on any atom is 0.259 e. The van der Waals surface area contributed by atoms with Crippen LogP contribution < -0.4 is 28.5 Å². The molecule has 1 aromatic rings. The van der Waals surface area contributed by atoms with Crippen molar-refractivity contribution < 1.29 is 33.3 Å². The zero-order chi connectivity index (χ0) is 12.3. The summed E-state index contributed by atoms with van der Waals surface area (Å²) in [5.74, 6) is 0.0491. The van der Waals surface area contributed by atoms with Crippen molar-refractivity contribution in [3.05, 3.63) is 29.6 Å². The number of pyridine rings is 1. The first-order chi connectivity index (χ1) is 7.43. The molecule has 0 aromatic carbocycles. The van der Waals surface area contributed by atoms with E-state index in [4.69, 9.17) is 0 Å². The third kappa shape index (κ3) is 4.23. The average molecular weight is 349 g/mol. The van der Waals surface area contributed by atoms with Crippen LogP contribution in [0.15, 0.2) is 18.3 Å². The summed E-state index contributed by atoms with van der Waals surface area (Å²) in [7, 11) is 9.50. The van der Waals surface area contributed by atoms with Gasteiger partial charge >= 0.3 is 0 Å². The zero-order valence-electron chi connectivity index (χ0n) is 11.1. The van der Waals surface area contributed by atoms with Gasteiger partial charge in [-0.1, -0.05) is 0 Å². The lowest BCUT2D eigenvalue weighted by atomic mass is 10.1. The first kappa shape index (κ1) is 16.3. The molecule has 0 spiro atoms. The molecule has 4 nitrogen and oxygen atoms in total. The predicted molar refractivity (Wildman–Crippen MR) is 63.0 cm³/mol. The fourth-order valence-corrected chi connectivity index (χ4v) is 1.58. The number of carbonyl (C=O) groups is 1. The van der Waals surface area contributed by atoms with Gasteiger partial charge in [-0.25, -0.2) is 4.57 Å². The molecule has 0 aliphatic rings. The molecule has 96 valence electrons. The highest BCUT2D eigenvalue weighted by molar-refractivity contribution is 5.94. The number of hydrogen-bond acceptors (Lipinski definition) is 2. The van der Waals surface area contributed by atoms with Crippen molar-refractivity contribution >= 4 is 5.91 Å². The minimum atomic E-state index is 0. The highest BCUT2D eigenvalue weighted by Gasteiger charge is 2.20. The summed E-state index contributed by atoms with van der Waals surface area (Å²) in [5, 5.41) is 0. The second-order valence-corrected chi connectivity index (χ2v) is 4.42. The van der Waals surface area contributed by atoms with E-state index in [0.29, 0.717) is 0 Å². The van der Waals surface area contributed by atoms with Gasteiger partial charge in [-0.05, 0) is 20.2 Å². The van der Waals surface area contributed by atoms with Gasteiger partial charge in [0, 0.05) is 20.2 Å². The Morgan fingerprint density at radius 3 is 2.35 bits per heavy atom. The minimum absolute atomic E-state index is 0. The van der Waals surface area contributed by atoms with Crippen LogP contribution in [-0.2, 0) is 13.6 Å². The molecule has 1 heterocycles. The van der Waals surface area contributed by atoms with Gasteiger partial charge in [-0.15, -0.1) is 0 Å². The van der Waals surface area contributed by atoms with Gasteiger partial charge in [0.15, 0.2) is 6.20 Å². The molecule has 1 aromatic heterocycles. The largest absolute Gasteiger partial charge is 1.00 e. The topological polar surface area (TPSA) is 27.4 Å². The van der Waals surface area contributed by atoms with E-state index in [1.54, 1.807) is 19.0 Å². The fourth-order valence-electron chi connectivity index (χ4n) is 1.58. The van der Waals surface area contributed by atoms with Gasteiger partial charge in [-0.2, -0.15) is 0 Å². The molecule has 17 heavy (non-hydrogen) atoms. The summed E-state index contributed by atoms with van der Waals surface area (Å²) < 4.78 is 2.00. The van der Waals surface area contributed by atoms with Crippen molar-refractivity contribution in [3.63, 3.8) is 0 Å². The van der Waals surface area contributed by atoms with Gasteiger partial charge in [-0.3, -0.25) is 9.69 Å². The van der Waals surface area contributed by atoms with Gasteiger partial charge in [0.2, 0.25) is 5.69 Å². The van der Waals surface area contributed by atoms with Gasteiger partial charge in [0.1, 0.15) is 12.6 Å². The number of aryl methyl sites for hydroxylation is 1. The predicted octanol–water partition coefficient (Wildman–Crippen LogP) is -2.72. The molecule has 0 fully saturated rings. The molecule has 0 N–H and O–H groups in total. The number of carbonyl (C=O) groups excluding carboxylic acids is 1. The van der Waals surface area contributed by atoms with E-state index >= 15 is 0 Å². The van der Waals surface area contributed by atoms with Crippen LogP contribution in [0.2, 0.25) is 0 Å². The third-order valence-corrected chi connectivity index (χ3v) is 2.41. The molecular formula is C12H20IN3O. The van der Waals surface area contributed by atoms with Crippen LogP contribution in [0.5, 0.6) is 0 Å². The van der Waals surface area contributed by atoms with Crippen LogP contribution in [-0.4, -0.2) is 43.9 Å². The maximum atomic E-state index is 12.0. The Morgan fingerprint density at radius 2 is 1.88 bits per heavy atom. The Hall–Kier alpha value is -0.690. The van der Waals surface area contributed by atoms with Crippen LogP contribution in [0.3, 0.4) is 0 Å². The van der Waals surface area contributed by atoms with Crippen molar-refractivity contribution in [2.24, 2.45) is 7.05 Å². The smallest absolute Gasteiger partial charge is 0.259 e. The number of aromatic nitrogens is 1. The maximum absolute atomic E-state index is 12.0. The Labute approximate surface area is 120 Å². The standard InChI is InChI=1S/C12H20N3O.HI/c1-13(2)9-11-10(12(16)14(3)4)7-6-8-15(11)5;/h6-8H,9H2,1-5H3;1H/q+1;/p-1. The second kappa shape index (κ2) is 6.90. The highest BCUT2D eigenvalue weighted by Crippen LogP contribution is 2.07. The summed E-state index contributed by atoms with van der Waals surface area (Å²) in [6, 6.07) is 3.77. The quantitative estimate of drug-likeness (QED) is 0.438. The first-order valence-electron chi connectivity index (χ1n) is 5.27. The Kier molecular flexibility index (Phi) is 6.62. The summed E-state index contributed by atoms with van der Waals surface area (Å²) >= 11 is 0. The zero-order valence-corrected chi connectivity index (χ0v) is 13.2. The van der Waals surface area contributed by atoms with Crippen LogP contribution in [0, 0.1) is 0 Å². The van der Waals surface area contributed by atoms with Crippen LogP contribution in [0.1, 0.15) is 16.1 Å². The van der Waals surface area contributed by atoms with Crippen LogP contribution >= 0.6 is 0 Å². The van der Waals surface area contributed by atoms with Crippen molar-refractivity contribution in [1.29, 1.82) is 0 Å². The molecule has 0 bridgehead atoms. The lowest BCUT2D eigenvalue weighted by Crippen LogP contribution is -3.00. The van der Waals surface area contributed by atoms with E-state index in [-0.39, 0.29) is 29.9 Å². The number of rotatable bonds is 3. The van der Waals surface area contributed by atoms with E-state index in [2.05, 4.69) is 4.90 Å². The number of hydrogen-bond donors (Lipinski definition) is 0.